The third-order valence-electron chi connectivity index (χ3n) is 2.15. The minimum atomic E-state index is -2.30. The fraction of sp³-hybridized carbons (Fsp3) is 1.00. The summed E-state index contributed by atoms with van der Waals surface area (Å²) in [6, 6.07) is 0. The Morgan fingerprint density at radius 1 is 1.00 bits per heavy atom. The lowest BCUT2D eigenvalue weighted by Crippen LogP contribution is -2.60. The summed E-state index contributed by atoms with van der Waals surface area (Å²) in [5, 5.41) is 0. The molecule has 0 atom stereocenters. The molecule has 0 aromatic heterocycles. The Morgan fingerprint density at radius 2 is 1.43 bits per heavy atom. The molecule has 0 aromatic rings. The zero-order valence-electron chi connectivity index (χ0n) is 9.68. The van der Waals surface area contributed by atoms with E-state index in [9.17, 15) is 0 Å². The first kappa shape index (κ1) is 14.4. The molecule has 0 radical (unpaired) electrons. The lowest BCUT2D eigenvalue weighted by atomic mass is 10.7. The molecule has 0 spiro atoms. The van der Waals surface area contributed by atoms with Gasteiger partial charge in [-0.25, -0.2) is 0 Å². The van der Waals surface area contributed by atoms with Gasteiger partial charge in [0.15, 0.2) is 0 Å². The topological polar surface area (TPSA) is 21.7 Å². The summed E-state index contributed by atoms with van der Waals surface area (Å²) in [5.41, 5.74) is 0.469. The summed E-state index contributed by atoms with van der Waals surface area (Å²) in [6.45, 7) is 11.4. The summed E-state index contributed by atoms with van der Waals surface area (Å²) in [7, 11) is -2.30. The molecule has 14 heavy (non-hydrogen) atoms. The van der Waals surface area contributed by atoms with E-state index in [-0.39, 0.29) is 0 Å². The smallest absolute Gasteiger partial charge is 0.382 e. The summed E-state index contributed by atoms with van der Waals surface area (Å²) in [4.78, 5) is 0. The number of nitrogens with zero attached hydrogens (tertiary/aromatic N) is 1. The van der Waals surface area contributed by atoms with Crippen LogP contribution in [-0.4, -0.2) is 45.1 Å². The standard InChI is InChI=1S/C9H22ClNO2Si/c1-5-11(6-2)14(9-10,12-7-3)13-8-4/h5-9H2,1-4H3. The van der Waals surface area contributed by atoms with Gasteiger partial charge in [0, 0.05) is 13.2 Å². The molecule has 0 saturated carbocycles. The maximum Gasteiger partial charge on any atom is 0.443 e. The normalized spacial score (nSPS) is 12.4. The molecule has 0 N–H and O–H groups in total. The molecule has 0 unspecified atom stereocenters. The summed E-state index contributed by atoms with van der Waals surface area (Å²) >= 11 is 6.00. The zero-order chi connectivity index (χ0) is 11.0. The molecular weight excluding hydrogens is 218 g/mol. The van der Waals surface area contributed by atoms with Gasteiger partial charge in [0.2, 0.25) is 0 Å². The second-order valence-electron chi connectivity index (χ2n) is 2.88. The lowest BCUT2D eigenvalue weighted by Gasteiger charge is -2.36. The van der Waals surface area contributed by atoms with Crippen LogP contribution in [0.5, 0.6) is 0 Å². The van der Waals surface area contributed by atoms with E-state index in [0.29, 0.717) is 18.7 Å². The van der Waals surface area contributed by atoms with Gasteiger partial charge in [-0.05, 0) is 26.9 Å². The maximum atomic E-state index is 6.00. The van der Waals surface area contributed by atoms with Gasteiger partial charge in [-0.3, -0.25) is 4.57 Å². The molecule has 0 aliphatic rings. The van der Waals surface area contributed by atoms with Crippen LogP contribution in [-0.2, 0) is 8.85 Å². The largest absolute Gasteiger partial charge is 0.443 e. The van der Waals surface area contributed by atoms with Crippen LogP contribution in [0.4, 0.5) is 0 Å². The Kier molecular flexibility index (Phi) is 7.86. The first-order valence-corrected chi connectivity index (χ1v) is 7.80. The second kappa shape index (κ2) is 7.65. The van der Waals surface area contributed by atoms with Crippen molar-refractivity contribution in [2.75, 3.05) is 31.8 Å². The number of hydrogen-bond donors (Lipinski definition) is 0. The number of rotatable bonds is 8. The monoisotopic (exact) mass is 239 g/mol. The Bertz CT molecular complexity index is 139. The van der Waals surface area contributed by atoms with Crippen molar-refractivity contribution in [3.8, 4) is 0 Å². The van der Waals surface area contributed by atoms with Crippen LogP contribution in [0, 0.1) is 0 Å². The molecule has 0 aliphatic heterocycles. The third-order valence-corrected chi connectivity index (χ3v) is 6.58. The highest BCUT2D eigenvalue weighted by Gasteiger charge is 2.42. The molecule has 0 rings (SSSR count). The minimum Gasteiger partial charge on any atom is -0.382 e. The van der Waals surface area contributed by atoms with E-state index in [4.69, 9.17) is 20.5 Å². The second-order valence-corrected chi connectivity index (χ2v) is 6.59. The molecule has 0 aliphatic carbocycles. The van der Waals surface area contributed by atoms with Gasteiger partial charge in [0.1, 0.15) is 0 Å². The highest BCUT2D eigenvalue weighted by Crippen LogP contribution is 2.15. The molecule has 3 nitrogen and oxygen atoms in total. The van der Waals surface area contributed by atoms with Crippen LogP contribution < -0.4 is 0 Å². The van der Waals surface area contributed by atoms with Crippen molar-refractivity contribution in [2.24, 2.45) is 0 Å². The molecule has 0 amide bonds. The Balaban J connectivity index is 4.59. The average Bonchev–Trinajstić information content (AvgIpc) is 2.20. The number of hydrogen-bond acceptors (Lipinski definition) is 3. The van der Waals surface area contributed by atoms with Gasteiger partial charge in [0.25, 0.3) is 0 Å². The Hall–Kier alpha value is 0.387. The van der Waals surface area contributed by atoms with Crippen LogP contribution in [0.2, 0.25) is 0 Å². The molecule has 86 valence electrons. The summed E-state index contributed by atoms with van der Waals surface area (Å²) in [6.07, 6.45) is 0. The highest BCUT2D eigenvalue weighted by atomic mass is 35.5. The molecule has 0 bridgehead atoms. The van der Waals surface area contributed by atoms with E-state index in [1.54, 1.807) is 0 Å². The van der Waals surface area contributed by atoms with Gasteiger partial charge in [-0.1, -0.05) is 13.8 Å². The predicted octanol–water partition coefficient (Wildman–Crippen LogP) is 2.12. The lowest BCUT2D eigenvalue weighted by molar-refractivity contribution is 0.129. The SMILES string of the molecule is CCO[Si](CCl)(OCC)N(CC)CC. The van der Waals surface area contributed by atoms with E-state index >= 15 is 0 Å². The van der Waals surface area contributed by atoms with Crippen molar-refractivity contribution >= 4 is 20.3 Å². The van der Waals surface area contributed by atoms with Crippen molar-refractivity contribution in [1.29, 1.82) is 0 Å². The molecule has 0 fully saturated rings. The maximum absolute atomic E-state index is 6.00. The molecule has 0 saturated heterocycles. The van der Waals surface area contributed by atoms with Gasteiger partial charge in [-0.2, -0.15) is 0 Å². The van der Waals surface area contributed by atoms with Crippen LogP contribution in [0.15, 0.2) is 0 Å². The van der Waals surface area contributed by atoms with Gasteiger partial charge in [-0.15, -0.1) is 11.6 Å². The first-order valence-electron chi connectivity index (χ1n) is 5.29. The van der Waals surface area contributed by atoms with E-state index in [1.807, 2.05) is 13.8 Å². The van der Waals surface area contributed by atoms with Gasteiger partial charge >= 0.3 is 8.72 Å². The quantitative estimate of drug-likeness (QED) is 0.479. The Labute approximate surface area is 93.7 Å². The van der Waals surface area contributed by atoms with E-state index in [0.717, 1.165) is 13.1 Å². The molecule has 5 heteroatoms. The third kappa shape index (κ3) is 3.51. The molecular formula is C9H22ClNO2Si. The average molecular weight is 240 g/mol. The van der Waals surface area contributed by atoms with Crippen LogP contribution in [0.3, 0.4) is 0 Å². The number of alkyl halides is 1. The minimum absolute atomic E-state index is 0.469. The van der Waals surface area contributed by atoms with Crippen LogP contribution in [0.1, 0.15) is 27.7 Å². The fourth-order valence-electron chi connectivity index (χ4n) is 1.54. The van der Waals surface area contributed by atoms with Crippen molar-refractivity contribution in [3.05, 3.63) is 0 Å². The Morgan fingerprint density at radius 3 is 1.64 bits per heavy atom. The van der Waals surface area contributed by atoms with Crippen molar-refractivity contribution in [2.45, 2.75) is 27.7 Å². The first-order chi connectivity index (χ1) is 6.70. The van der Waals surface area contributed by atoms with Gasteiger partial charge in [0.05, 0.1) is 5.50 Å². The van der Waals surface area contributed by atoms with Crippen LogP contribution in [0.25, 0.3) is 0 Å². The highest BCUT2D eigenvalue weighted by molar-refractivity contribution is 6.72. The summed E-state index contributed by atoms with van der Waals surface area (Å²) in [5.74, 6) is 0. The fourth-order valence-corrected chi connectivity index (χ4v) is 5.15. The molecule has 0 heterocycles. The summed E-state index contributed by atoms with van der Waals surface area (Å²) < 4.78 is 13.8. The van der Waals surface area contributed by atoms with Crippen molar-refractivity contribution < 1.29 is 8.85 Å². The van der Waals surface area contributed by atoms with Crippen LogP contribution >= 0.6 is 11.6 Å². The van der Waals surface area contributed by atoms with E-state index < -0.39 is 8.72 Å². The van der Waals surface area contributed by atoms with Crippen molar-refractivity contribution in [1.82, 2.24) is 4.57 Å². The zero-order valence-corrected chi connectivity index (χ0v) is 11.4. The predicted molar refractivity (Wildman–Crippen MR) is 62.6 cm³/mol. The number of halogens is 1. The molecule has 0 aromatic carbocycles. The van der Waals surface area contributed by atoms with Gasteiger partial charge < -0.3 is 8.85 Å². The van der Waals surface area contributed by atoms with E-state index in [1.165, 1.54) is 0 Å². The van der Waals surface area contributed by atoms with E-state index in [2.05, 4.69) is 18.4 Å². The van der Waals surface area contributed by atoms with Crippen molar-refractivity contribution in [3.63, 3.8) is 0 Å².